The second-order valence-electron chi connectivity index (χ2n) is 7.20. The summed E-state index contributed by atoms with van der Waals surface area (Å²) in [5.74, 6) is -3.18. The van der Waals surface area contributed by atoms with Gasteiger partial charge in [0.2, 0.25) is 12.3 Å². The number of likely N-dealkylation sites (tertiary alicyclic amines) is 1. The number of ketones is 1. The highest BCUT2D eigenvalue weighted by atomic mass is 32.2. The van der Waals surface area contributed by atoms with Gasteiger partial charge in [-0.25, -0.2) is 13.3 Å². The second-order valence-corrected chi connectivity index (χ2v) is 8.65. The number of nitrogens with one attached hydrogen (secondary N) is 1. The smallest absolute Gasteiger partial charge is 0.374 e. The monoisotopic (exact) mass is 452 g/mol. The van der Waals surface area contributed by atoms with Gasteiger partial charge in [0.05, 0.1) is 16.7 Å². The molecule has 1 heterocycles. The molecule has 4 N–H and O–H groups in total. The number of carboxylic acids is 1. The molecule has 1 aromatic carbocycles. The zero-order chi connectivity index (χ0) is 23.0. The summed E-state index contributed by atoms with van der Waals surface area (Å²) in [6.45, 7) is 2.33. The molecule has 0 aromatic heterocycles. The van der Waals surface area contributed by atoms with Gasteiger partial charge in [0.15, 0.2) is 0 Å². The predicted molar refractivity (Wildman–Crippen MR) is 114 cm³/mol. The molecular weight excluding hydrogens is 424 g/mol. The van der Waals surface area contributed by atoms with Crippen LogP contribution in [-0.4, -0.2) is 80.4 Å². The molecule has 0 aliphatic carbocycles. The van der Waals surface area contributed by atoms with E-state index in [1.807, 2.05) is 37.3 Å². The van der Waals surface area contributed by atoms with Crippen LogP contribution in [0.2, 0.25) is 0 Å². The number of hydrogen-bond donors (Lipinski definition) is 3. The minimum absolute atomic E-state index is 0.326. The zero-order valence-electron chi connectivity index (χ0n) is 17.3. The quantitative estimate of drug-likeness (QED) is 0.279. The summed E-state index contributed by atoms with van der Waals surface area (Å²) in [5.41, 5.74) is 6.35. The van der Waals surface area contributed by atoms with Crippen molar-refractivity contribution in [1.82, 2.24) is 14.5 Å². The molecule has 0 spiro atoms. The van der Waals surface area contributed by atoms with Crippen molar-refractivity contribution in [2.75, 3.05) is 19.6 Å². The van der Waals surface area contributed by atoms with Gasteiger partial charge in [-0.1, -0.05) is 37.3 Å². The van der Waals surface area contributed by atoms with Gasteiger partial charge in [0.1, 0.15) is 12.1 Å². The predicted octanol–water partition coefficient (Wildman–Crippen LogP) is -0.741. The molecule has 1 aromatic rings. The first kappa shape index (κ1) is 24.6. The van der Waals surface area contributed by atoms with Crippen molar-refractivity contribution < 1.29 is 28.5 Å². The third-order valence-corrected chi connectivity index (χ3v) is 6.81. The summed E-state index contributed by atoms with van der Waals surface area (Å²) < 4.78 is 14.6. The lowest BCUT2D eigenvalue weighted by Gasteiger charge is -2.30. The number of carboxylic acid groups (broad SMARTS) is 1. The van der Waals surface area contributed by atoms with Crippen LogP contribution in [0.1, 0.15) is 25.3 Å². The summed E-state index contributed by atoms with van der Waals surface area (Å²) in [7, 11) is -1.30. The Morgan fingerprint density at radius 1 is 1.32 bits per heavy atom. The number of rotatable bonds is 12. The van der Waals surface area contributed by atoms with Crippen molar-refractivity contribution in [3.05, 3.63) is 35.9 Å². The number of hydrogen-bond acceptors (Lipinski definition) is 6. The highest BCUT2D eigenvalue weighted by Crippen LogP contribution is 2.24. The molecule has 11 heteroatoms. The SMILES string of the molecule is CCN(CC1CCC(C(=O)NC(CN)C(=O)C(=O)O)N1C=O)S(=O)Cc1ccccc1. The fraction of sp³-hybridized carbons (Fsp3) is 0.500. The van der Waals surface area contributed by atoms with Crippen molar-refractivity contribution in [2.24, 2.45) is 5.73 Å². The van der Waals surface area contributed by atoms with Crippen molar-refractivity contribution in [3.8, 4) is 0 Å². The molecule has 170 valence electrons. The summed E-state index contributed by atoms with van der Waals surface area (Å²) in [5, 5.41) is 11.2. The number of nitrogens with two attached hydrogens (primary N) is 1. The largest absolute Gasteiger partial charge is 0.475 e. The highest BCUT2D eigenvalue weighted by molar-refractivity contribution is 7.81. The normalized spacial score (nSPS) is 20.3. The van der Waals surface area contributed by atoms with E-state index in [0.717, 1.165) is 5.56 Å². The van der Waals surface area contributed by atoms with Gasteiger partial charge in [-0.05, 0) is 18.4 Å². The topological polar surface area (TPSA) is 150 Å². The molecule has 1 aliphatic rings. The molecule has 1 aliphatic heterocycles. The molecule has 2 amide bonds. The van der Waals surface area contributed by atoms with E-state index in [4.69, 9.17) is 10.8 Å². The number of carbonyl (C=O) groups is 4. The van der Waals surface area contributed by atoms with Crippen molar-refractivity contribution in [2.45, 2.75) is 43.6 Å². The first-order chi connectivity index (χ1) is 14.8. The molecule has 1 fully saturated rings. The standard InChI is InChI=1S/C20H28N4O6S/c1-2-23(31(30)12-14-6-4-3-5-7-14)11-15-8-9-17(24(15)13-25)19(27)22-16(10-21)18(26)20(28)29/h3-7,13,15-17H,2,8-12,21H2,1H3,(H,22,27)(H,28,29). The first-order valence-electron chi connectivity index (χ1n) is 10.00. The van der Waals surface area contributed by atoms with E-state index in [0.29, 0.717) is 38.1 Å². The number of Topliss-reactive ketones (excluding diaryl/α,β-unsaturated/α-hetero) is 1. The molecule has 0 bridgehead atoms. The van der Waals surface area contributed by atoms with Crippen LogP contribution in [0.5, 0.6) is 0 Å². The zero-order valence-corrected chi connectivity index (χ0v) is 18.1. The van der Waals surface area contributed by atoms with Crippen molar-refractivity contribution in [3.63, 3.8) is 0 Å². The average Bonchev–Trinajstić information content (AvgIpc) is 3.18. The molecule has 2 rings (SSSR count). The molecular formula is C20H28N4O6S. The van der Waals surface area contributed by atoms with Crippen LogP contribution >= 0.6 is 0 Å². The lowest BCUT2D eigenvalue weighted by atomic mass is 10.1. The molecule has 1 saturated heterocycles. The Hall–Kier alpha value is -2.63. The molecule has 10 nitrogen and oxygen atoms in total. The Morgan fingerprint density at radius 3 is 2.55 bits per heavy atom. The number of nitrogens with zero attached hydrogens (tertiary/aromatic N) is 2. The van der Waals surface area contributed by atoms with Crippen molar-refractivity contribution in [1.29, 1.82) is 0 Å². The van der Waals surface area contributed by atoms with E-state index in [9.17, 15) is 23.4 Å². The summed E-state index contributed by atoms with van der Waals surface area (Å²) in [6, 6.07) is 6.88. The van der Waals surface area contributed by atoms with E-state index in [-0.39, 0.29) is 12.6 Å². The Labute approximate surface area is 183 Å². The van der Waals surface area contributed by atoms with Crippen LogP contribution in [0.25, 0.3) is 0 Å². The lowest BCUT2D eigenvalue weighted by Crippen LogP contribution is -2.54. The molecule has 0 saturated carbocycles. The van der Waals surface area contributed by atoms with Gasteiger partial charge in [0, 0.05) is 25.7 Å². The maximum Gasteiger partial charge on any atom is 0.374 e. The van der Waals surface area contributed by atoms with Gasteiger partial charge >= 0.3 is 5.97 Å². The second kappa shape index (κ2) is 11.7. The van der Waals surface area contributed by atoms with Crippen LogP contribution in [0.15, 0.2) is 30.3 Å². The Balaban J connectivity index is 2.02. The van der Waals surface area contributed by atoms with Crippen LogP contribution in [-0.2, 0) is 35.9 Å². The van der Waals surface area contributed by atoms with Crippen LogP contribution < -0.4 is 11.1 Å². The van der Waals surface area contributed by atoms with Crippen LogP contribution in [0.3, 0.4) is 0 Å². The third kappa shape index (κ3) is 6.42. The number of likely N-dealkylation sites (N-methyl/N-ethyl adjacent to an activating group) is 1. The molecule has 31 heavy (non-hydrogen) atoms. The maximum atomic E-state index is 12.8. The highest BCUT2D eigenvalue weighted by Gasteiger charge is 2.39. The van der Waals surface area contributed by atoms with Gasteiger partial charge in [-0.3, -0.25) is 14.4 Å². The van der Waals surface area contributed by atoms with E-state index in [1.54, 1.807) is 4.31 Å². The fourth-order valence-corrected chi connectivity index (χ4v) is 4.85. The van der Waals surface area contributed by atoms with Gasteiger partial charge in [-0.2, -0.15) is 0 Å². The van der Waals surface area contributed by atoms with E-state index in [2.05, 4.69) is 5.32 Å². The van der Waals surface area contributed by atoms with E-state index >= 15 is 0 Å². The summed E-state index contributed by atoms with van der Waals surface area (Å²) in [4.78, 5) is 48.2. The summed E-state index contributed by atoms with van der Waals surface area (Å²) >= 11 is 0. The van der Waals surface area contributed by atoms with Gasteiger partial charge in [-0.15, -0.1) is 0 Å². The van der Waals surface area contributed by atoms with Crippen molar-refractivity contribution >= 4 is 35.1 Å². The van der Waals surface area contributed by atoms with Crippen LogP contribution in [0, 0.1) is 0 Å². The number of amides is 2. The minimum Gasteiger partial charge on any atom is -0.475 e. The number of aliphatic carboxylic acids is 1. The number of benzene rings is 1. The Morgan fingerprint density at radius 2 is 2.00 bits per heavy atom. The van der Waals surface area contributed by atoms with E-state index < -0.39 is 40.7 Å². The minimum atomic E-state index is -1.69. The van der Waals surface area contributed by atoms with E-state index in [1.165, 1.54) is 4.90 Å². The Bertz CT molecular complexity index is 821. The van der Waals surface area contributed by atoms with Gasteiger partial charge < -0.3 is 21.1 Å². The third-order valence-electron chi connectivity index (χ3n) is 5.25. The summed E-state index contributed by atoms with van der Waals surface area (Å²) in [6.07, 6.45) is 1.42. The first-order valence-corrected chi connectivity index (χ1v) is 11.3. The number of carbonyl (C=O) groups excluding carboxylic acids is 3. The molecule has 0 radical (unpaired) electrons. The Kier molecular flexibility index (Phi) is 9.28. The molecule has 4 atom stereocenters. The molecule has 4 unspecified atom stereocenters. The average molecular weight is 453 g/mol. The maximum absolute atomic E-state index is 12.8. The van der Waals surface area contributed by atoms with Crippen LogP contribution in [0.4, 0.5) is 0 Å². The van der Waals surface area contributed by atoms with Gasteiger partial charge in [0.25, 0.3) is 5.78 Å². The lowest BCUT2D eigenvalue weighted by molar-refractivity contribution is -0.150. The fourth-order valence-electron chi connectivity index (χ4n) is 3.56.